The first kappa shape index (κ1) is 16.8. The molecule has 1 aliphatic heterocycles. The topological polar surface area (TPSA) is 67.5 Å². The predicted octanol–water partition coefficient (Wildman–Crippen LogP) is 5.06. The number of nitrogens with one attached hydrogen (secondary N) is 1. The molecule has 0 atom stereocenters. The maximum Gasteiger partial charge on any atom is 0.264 e. The molecule has 0 unspecified atom stereocenters. The van der Waals surface area contributed by atoms with Gasteiger partial charge in [0.1, 0.15) is 5.76 Å². The first-order valence-electron chi connectivity index (χ1n) is 8.99. The maximum atomic E-state index is 12.2. The number of aliphatic imine (C=N–C) groups is 1. The molecule has 2 aromatic heterocycles. The van der Waals surface area contributed by atoms with Gasteiger partial charge in [0.2, 0.25) is 0 Å². The third-order valence-electron chi connectivity index (χ3n) is 4.68. The number of hydrogen-bond donors (Lipinski definition) is 1. The van der Waals surface area contributed by atoms with Crippen molar-refractivity contribution in [2.45, 2.75) is 31.7 Å². The molecule has 136 valence electrons. The molecule has 0 spiro atoms. The zero-order valence-corrected chi connectivity index (χ0v) is 16.1. The minimum atomic E-state index is -0.116. The number of nitrogens with zero attached hydrogens (tertiary/aromatic N) is 2. The summed E-state index contributed by atoms with van der Waals surface area (Å²) in [5.74, 6) is 1.24. The van der Waals surface area contributed by atoms with Crippen LogP contribution in [0.2, 0.25) is 0 Å². The number of para-hydroxylation sites is 1. The van der Waals surface area contributed by atoms with Crippen molar-refractivity contribution in [2.75, 3.05) is 0 Å². The van der Waals surface area contributed by atoms with Gasteiger partial charge in [-0.25, -0.2) is 4.98 Å². The standard InChI is InChI=1S/C20H17N3O2S2/c24-18-17(27-20(23-18)21-12-5-1-2-6-12)11-13-9-10-15(25-13)19-22-14-7-3-4-8-16(14)26-19/h3-4,7-12H,1-2,5-6H2,(H,21,23,24)/b17-11-. The summed E-state index contributed by atoms with van der Waals surface area (Å²) >= 11 is 2.98. The van der Waals surface area contributed by atoms with Crippen LogP contribution in [-0.2, 0) is 4.79 Å². The quantitative estimate of drug-likeness (QED) is 0.630. The molecule has 2 aliphatic rings. The fraction of sp³-hybridized carbons (Fsp3) is 0.250. The number of thioether (sulfide) groups is 1. The number of benzene rings is 1. The van der Waals surface area contributed by atoms with E-state index in [1.54, 1.807) is 17.4 Å². The lowest BCUT2D eigenvalue weighted by atomic mass is 10.3. The summed E-state index contributed by atoms with van der Waals surface area (Å²) in [6, 6.07) is 12.1. The Labute approximate surface area is 164 Å². The second-order valence-electron chi connectivity index (χ2n) is 6.63. The van der Waals surface area contributed by atoms with Crippen molar-refractivity contribution in [1.82, 2.24) is 10.3 Å². The molecule has 5 rings (SSSR count). The molecule has 0 radical (unpaired) electrons. The van der Waals surface area contributed by atoms with Crippen molar-refractivity contribution in [3.05, 3.63) is 47.1 Å². The number of carbonyl (C=O) groups is 1. The highest BCUT2D eigenvalue weighted by Gasteiger charge is 2.26. The van der Waals surface area contributed by atoms with Gasteiger partial charge in [-0.1, -0.05) is 25.0 Å². The van der Waals surface area contributed by atoms with Gasteiger partial charge in [-0.2, -0.15) is 0 Å². The fourth-order valence-electron chi connectivity index (χ4n) is 3.34. The molecule has 1 aliphatic carbocycles. The molecular formula is C20H17N3O2S2. The smallest absolute Gasteiger partial charge is 0.264 e. The number of furan rings is 1. The van der Waals surface area contributed by atoms with E-state index >= 15 is 0 Å². The van der Waals surface area contributed by atoms with E-state index < -0.39 is 0 Å². The largest absolute Gasteiger partial charge is 0.454 e. The van der Waals surface area contributed by atoms with E-state index in [0.717, 1.165) is 28.1 Å². The van der Waals surface area contributed by atoms with Crippen LogP contribution in [0, 0.1) is 0 Å². The first-order chi connectivity index (χ1) is 13.2. The summed E-state index contributed by atoms with van der Waals surface area (Å²) in [5, 5.41) is 4.41. The van der Waals surface area contributed by atoms with Gasteiger partial charge in [-0.05, 0) is 48.9 Å². The van der Waals surface area contributed by atoms with E-state index in [4.69, 9.17) is 4.42 Å². The van der Waals surface area contributed by atoms with E-state index in [0.29, 0.717) is 27.6 Å². The molecule has 3 aromatic rings. The zero-order valence-electron chi connectivity index (χ0n) is 14.5. The minimum absolute atomic E-state index is 0.116. The summed E-state index contributed by atoms with van der Waals surface area (Å²) < 4.78 is 7.04. The Balaban J connectivity index is 1.37. The van der Waals surface area contributed by atoms with Crippen molar-refractivity contribution in [1.29, 1.82) is 0 Å². The van der Waals surface area contributed by atoms with Crippen molar-refractivity contribution in [3.63, 3.8) is 0 Å². The molecule has 5 nitrogen and oxygen atoms in total. The van der Waals surface area contributed by atoms with E-state index in [-0.39, 0.29) is 5.91 Å². The molecular weight excluding hydrogens is 378 g/mol. The summed E-state index contributed by atoms with van der Waals surface area (Å²) in [4.78, 5) is 22.1. The highest BCUT2D eigenvalue weighted by Crippen LogP contribution is 2.33. The number of amides is 1. The lowest BCUT2D eigenvalue weighted by Crippen LogP contribution is -2.21. The monoisotopic (exact) mass is 395 g/mol. The second-order valence-corrected chi connectivity index (χ2v) is 8.69. The number of aromatic nitrogens is 1. The third-order valence-corrected chi connectivity index (χ3v) is 6.66. The molecule has 7 heteroatoms. The number of rotatable bonds is 3. The van der Waals surface area contributed by atoms with Gasteiger partial charge in [0, 0.05) is 6.08 Å². The summed E-state index contributed by atoms with van der Waals surface area (Å²) in [5.41, 5.74) is 0.965. The van der Waals surface area contributed by atoms with Crippen LogP contribution in [0.15, 0.2) is 50.7 Å². The van der Waals surface area contributed by atoms with Crippen molar-refractivity contribution in [2.24, 2.45) is 4.99 Å². The summed E-state index contributed by atoms with van der Waals surface area (Å²) in [7, 11) is 0. The lowest BCUT2D eigenvalue weighted by molar-refractivity contribution is -0.115. The van der Waals surface area contributed by atoms with E-state index in [1.165, 1.54) is 24.6 Å². The maximum absolute atomic E-state index is 12.2. The number of fused-ring (bicyclic) bond motifs is 1. The van der Waals surface area contributed by atoms with Crippen molar-refractivity contribution in [3.8, 4) is 10.8 Å². The minimum Gasteiger partial charge on any atom is -0.454 e. The van der Waals surface area contributed by atoms with Gasteiger partial charge in [0.15, 0.2) is 15.9 Å². The van der Waals surface area contributed by atoms with E-state index in [2.05, 4.69) is 15.3 Å². The van der Waals surface area contributed by atoms with Crippen molar-refractivity contribution >= 4 is 50.5 Å². The third kappa shape index (κ3) is 3.44. The Morgan fingerprint density at radius 2 is 2.04 bits per heavy atom. The van der Waals surface area contributed by atoms with Gasteiger partial charge in [-0.3, -0.25) is 9.79 Å². The molecule has 1 saturated carbocycles. The van der Waals surface area contributed by atoms with Crippen LogP contribution in [0.3, 0.4) is 0 Å². The predicted molar refractivity (Wildman–Crippen MR) is 111 cm³/mol. The van der Waals surface area contributed by atoms with E-state index in [9.17, 15) is 4.79 Å². The number of carbonyl (C=O) groups excluding carboxylic acids is 1. The second kappa shape index (κ2) is 6.98. The van der Waals surface area contributed by atoms with Crippen molar-refractivity contribution < 1.29 is 9.21 Å². The summed E-state index contributed by atoms with van der Waals surface area (Å²) in [6.45, 7) is 0. The normalized spacial score (nSPS) is 21.0. The average Bonchev–Trinajstić information content (AvgIpc) is 3.43. The lowest BCUT2D eigenvalue weighted by Gasteiger charge is -2.02. The molecule has 0 bridgehead atoms. The van der Waals surface area contributed by atoms with Gasteiger partial charge in [0.25, 0.3) is 5.91 Å². The van der Waals surface area contributed by atoms with Gasteiger partial charge >= 0.3 is 0 Å². The van der Waals surface area contributed by atoms with Gasteiger partial charge in [-0.15, -0.1) is 11.3 Å². The van der Waals surface area contributed by atoms with Crippen LogP contribution in [-0.4, -0.2) is 22.1 Å². The van der Waals surface area contributed by atoms with Crippen LogP contribution in [0.1, 0.15) is 31.4 Å². The number of thiazole rings is 1. The molecule has 1 saturated heterocycles. The zero-order chi connectivity index (χ0) is 18.2. The molecule has 1 aromatic carbocycles. The summed E-state index contributed by atoms with van der Waals surface area (Å²) in [6.07, 6.45) is 6.45. The van der Waals surface area contributed by atoms with Crippen LogP contribution in [0.25, 0.3) is 27.1 Å². The molecule has 1 N–H and O–H groups in total. The average molecular weight is 396 g/mol. The Morgan fingerprint density at radius 3 is 2.89 bits per heavy atom. The number of hydrogen-bond acceptors (Lipinski definition) is 6. The highest BCUT2D eigenvalue weighted by atomic mass is 32.2. The SMILES string of the molecule is O=C1NC(=NC2CCCC2)S/C1=C\c1ccc(-c2nc3ccccc3s2)o1. The highest BCUT2D eigenvalue weighted by molar-refractivity contribution is 8.18. The molecule has 1 amide bonds. The van der Waals surface area contributed by atoms with Crippen LogP contribution < -0.4 is 5.32 Å². The Kier molecular flexibility index (Phi) is 4.33. The Bertz CT molecular complexity index is 1040. The first-order valence-corrected chi connectivity index (χ1v) is 10.6. The number of amidine groups is 1. The molecule has 2 fully saturated rings. The van der Waals surface area contributed by atoms with Gasteiger partial charge in [0.05, 0.1) is 21.2 Å². The Morgan fingerprint density at radius 1 is 1.19 bits per heavy atom. The fourth-order valence-corrected chi connectivity index (χ4v) is 5.14. The Hall–Kier alpha value is -2.38. The van der Waals surface area contributed by atoms with Crippen LogP contribution >= 0.6 is 23.1 Å². The molecule has 3 heterocycles. The van der Waals surface area contributed by atoms with Crippen LogP contribution in [0.5, 0.6) is 0 Å². The van der Waals surface area contributed by atoms with E-state index in [1.807, 2.05) is 36.4 Å². The molecule has 27 heavy (non-hydrogen) atoms. The van der Waals surface area contributed by atoms with Gasteiger partial charge < -0.3 is 9.73 Å². The van der Waals surface area contributed by atoms with Crippen LogP contribution in [0.4, 0.5) is 0 Å².